The minimum atomic E-state index is -0.303. The monoisotopic (exact) mass is 236 g/mol. The lowest BCUT2D eigenvalue weighted by atomic mass is 10.2. The summed E-state index contributed by atoms with van der Waals surface area (Å²) in [6.45, 7) is 7.95. The third kappa shape index (κ3) is 4.11. The summed E-state index contributed by atoms with van der Waals surface area (Å²) in [5.74, 6) is 0.269. The number of rotatable bonds is 5. The lowest BCUT2D eigenvalue weighted by Crippen LogP contribution is -2.08. The zero-order valence-electron chi connectivity index (χ0n) is 9.66. The molecular formula is C13H16O2S. The number of benzene rings is 1. The topological polar surface area (TPSA) is 26.3 Å². The molecule has 1 aromatic rings. The Morgan fingerprint density at radius 3 is 2.88 bits per heavy atom. The highest BCUT2D eigenvalue weighted by Crippen LogP contribution is 2.21. The van der Waals surface area contributed by atoms with Crippen molar-refractivity contribution in [1.82, 2.24) is 0 Å². The van der Waals surface area contributed by atoms with E-state index in [2.05, 4.69) is 12.6 Å². The molecule has 0 spiro atoms. The van der Waals surface area contributed by atoms with Crippen LogP contribution in [0.5, 0.6) is 0 Å². The Labute approximate surface area is 101 Å². The van der Waals surface area contributed by atoms with Gasteiger partial charge in [-0.2, -0.15) is 0 Å². The van der Waals surface area contributed by atoms with Crippen molar-refractivity contribution in [3.05, 3.63) is 42.0 Å². The van der Waals surface area contributed by atoms with E-state index in [-0.39, 0.29) is 5.97 Å². The van der Waals surface area contributed by atoms with Gasteiger partial charge in [-0.3, -0.25) is 0 Å². The Kier molecular flexibility index (Phi) is 5.12. The standard InChI is InChI=1S/C13H16O2S/c1-4-15-13(14)11(3)9-16-12-7-5-6-10(2)8-12/h5-8H,3-4,9H2,1-2H3. The molecule has 1 aromatic carbocycles. The van der Waals surface area contributed by atoms with Gasteiger partial charge in [-0.1, -0.05) is 24.3 Å². The second kappa shape index (κ2) is 6.38. The zero-order valence-corrected chi connectivity index (χ0v) is 10.5. The van der Waals surface area contributed by atoms with E-state index in [1.54, 1.807) is 18.7 Å². The van der Waals surface area contributed by atoms with Crippen LogP contribution in [0.25, 0.3) is 0 Å². The fraction of sp³-hybridized carbons (Fsp3) is 0.308. The molecule has 1 rings (SSSR count). The summed E-state index contributed by atoms with van der Waals surface area (Å²) in [5.41, 5.74) is 1.72. The first-order valence-electron chi connectivity index (χ1n) is 5.18. The quantitative estimate of drug-likeness (QED) is 0.446. The average molecular weight is 236 g/mol. The van der Waals surface area contributed by atoms with Gasteiger partial charge in [0, 0.05) is 16.2 Å². The van der Waals surface area contributed by atoms with Gasteiger partial charge in [0.05, 0.1) is 6.61 Å². The molecule has 86 valence electrons. The maximum absolute atomic E-state index is 11.3. The van der Waals surface area contributed by atoms with Crippen molar-refractivity contribution >= 4 is 17.7 Å². The summed E-state index contributed by atoms with van der Waals surface area (Å²) >= 11 is 1.60. The van der Waals surface area contributed by atoms with Crippen LogP contribution >= 0.6 is 11.8 Å². The molecule has 0 bridgehead atoms. The molecule has 0 heterocycles. The van der Waals surface area contributed by atoms with Crippen molar-refractivity contribution in [2.24, 2.45) is 0 Å². The Balaban J connectivity index is 2.46. The van der Waals surface area contributed by atoms with Crippen LogP contribution in [0.1, 0.15) is 12.5 Å². The molecule has 0 aliphatic heterocycles. The minimum absolute atomic E-state index is 0.303. The van der Waals surface area contributed by atoms with Crippen LogP contribution in [0.4, 0.5) is 0 Å². The van der Waals surface area contributed by atoms with E-state index in [9.17, 15) is 4.79 Å². The van der Waals surface area contributed by atoms with Crippen molar-refractivity contribution in [3.63, 3.8) is 0 Å². The van der Waals surface area contributed by atoms with Crippen molar-refractivity contribution in [1.29, 1.82) is 0 Å². The Hall–Kier alpha value is -1.22. The van der Waals surface area contributed by atoms with Crippen LogP contribution in [0, 0.1) is 6.92 Å². The molecule has 2 nitrogen and oxygen atoms in total. The summed E-state index contributed by atoms with van der Waals surface area (Å²) in [5, 5.41) is 0. The van der Waals surface area contributed by atoms with Gasteiger partial charge < -0.3 is 4.74 Å². The highest BCUT2D eigenvalue weighted by Gasteiger charge is 2.07. The maximum Gasteiger partial charge on any atom is 0.334 e. The number of thioether (sulfide) groups is 1. The predicted molar refractivity (Wildman–Crippen MR) is 67.7 cm³/mol. The van der Waals surface area contributed by atoms with Gasteiger partial charge in [0.1, 0.15) is 0 Å². The SMILES string of the molecule is C=C(CSc1cccc(C)c1)C(=O)OCC. The Bertz CT molecular complexity index is 385. The largest absolute Gasteiger partial charge is 0.463 e. The molecule has 0 saturated carbocycles. The van der Waals surface area contributed by atoms with E-state index in [0.29, 0.717) is 17.9 Å². The summed E-state index contributed by atoms with van der Waals surface area (Å²) in [4.78, 5) is 12.4. The smallest absolute Gasteiger partial charge is 0.334 e. The number of esters is 1. The summed E-state index contributed by atoms with van der Waals surface area (Å²) in [6.07, 6.45) is 0. The first kappa shape index (κ1) is 12.8. The van der Waals surface area contributed by atoms with Crippen LogP contribution in [0.15, 0.2) is 41.3 Å². The highest BCUT2D eigenvalue weighted by atomic mass is 32.2. The van der Waals surface area contributed by atoms with E-state index < -0.39 is 0 Å². The lowest BCUT2D eigenvalue weighted by Gasteiger charge is -2.05. The Morgan fingerprint density at radius 2 is 2.25 bits per heavy atom. The van der Waals surface area contributed by atoms with Crippen LogP contribution in [0.2, 0.25) is 0 Å². The molecule has 0 amide bonds. The third-order valence-corrected chi connectivity index (χ3v) is 3.05. The molecule has 0 radical (unpaired) electrons. The summed E-state index contributed by atoms with van der Waals surface area (Å²) in [7, 11) is 0. The highest BCUT2D eigenvalue weighted by molar-refractivity contribution is 7.99. The van der Waals surface area contributed by atoms with Crippen LogP contribution in [0.3, 0.4) is 0 Å². The molecule has 0 atom stereocenters. The van der Waals surface area contributed by atoms with Gasteiger partial charge in [-0.25, -0.2) is 4.79 Å². The molecule has 0 saturated heterocycles. The van der Waals surface area contributed by atoms with Crippen LogP contribution in [-0.4, -0.2) is 18.3 Å². The number of ether oxygens (including phenoxy) is 1. The predicted octanol–water partition coefficient (Wildman–Crippen LogP) is 3.21. The van der Waals surface area contributed by atoms with Gasteiger partial charge in [-0.05, 0) is 26.0 Å². The molecule has 0 aliphatic rings. The third-order valence-electron chi connectivity index (χ3n) is 1.97. The molecule has 0 N–H and O–H groups in total. The fourth-order valence-electron chi connectivity index (χ4n) is 1.17. The van der Waals surface area contributed by atoms with Crippen LogP contribution in [-0.2, 0) is 9.53 Å². The van der Waals surface area contributed by atoms with Crippen molar-refractivity contribution in [2.75, 3.05) is 12.4 Å². The van der Waals surface area contributed by atoms with Gasteiger partial charge in [0.15, 0.2) is 0 Å². The van der Waals surface area contributed by atoms with Crippen molar-refractivity contribution in [3.8, 4) is 0 Å². The summed E-state index contributed by atoms with van der Waals surface area (Å²) in [6, 6.07) is 8.16. The van der Waals surface area contributed by atoms with Gasteiger partial charge >= 0.3 is 5.97 Å². The number of hydrogen-bond acceptors (Lipinski definition) is 3. The molecule has 16 heavy (non-hydrogen) atoms. The van der Waals surface area contributed by atoms with E-state index in [4.69, 9.17) is 4.74 Å². The molecule has 0 unspecified atom stereocenters. The van der Waals surface area contributed by atoms with Gasteiger partial charge in [-0.15, -0.1) is 11.8 Å². The second-order valence-electron chi connectivity index (χ2n) is 3.43. The molecule has 3 heteroatoms. The fourth-order valence-corrected chi connectivity index (χ4v) is 2.07. The first-order chi connectivity index (χ1) is 7.63. The second-order valence-corrected chi connectivity index (χ2v) is 4.48. The van der Waals surface area contributed by atoms with Gasteiger partial charge in [0.2, 0.25) is 0 Å². The van der Waals surface area contributed by atoms with E-state index in [0.717, 1.165) is 4.90 Å². The van der Waals surface area contributed by atoms with Crippen molar-refractivity contribution in [2.45, 2.75) is 18.7 Å². The van der Waals surface area contributed by atoms with E-state index >= 15 is 0 Å². The zero-order chi connectivity index (χ0) is 12.0. The van der Waals surface area contributed by atoms with Crippen molar-refractivity contribution < 1.29 is 9.53 Å². The number of hydrogen-bond donors (Lipinski definition) is 0. The molecule has 0 aliphatic carbocycles. The average Bonchev–Trinajstić information content (AvgIpc) is 2.26. The van der Waals surface area contributed by atoms with E-state index in [1.165, 1.54) is 5.56 Å². The number of carbonyl (C=O) groups excluding carboxylic acids is 1. The molecular weight excluding hydrogens is 220 g/mol. The minimum Gasteiger partial charge on any atom is -0.463 e. The maximum atomic E-state index is 11.3. The number of carbonyl (C=O) groups is 1. The van der Waals surface area contributed by atoms with Crippen LogP contribution < -0.4 is 0 Å². The molecule has 0 aromatic heterocycles. The normalized spacial score (nSPS) is 9.88. The lowest BCUT2D eigenvalue weighted by molar-refractivity contribution is -0.138. The van der Waals surface area contributed by atoms with Gasteiger partial charge in [0.25, 0.3) is 0 Å². The first-order valence-corrected chi connectivity index (χ1v) is 6.16. The summed E-state index contributed by atoms with van der Waals surface area (Å²) < 4.78 is 4.86. The molecule has 0 fully saturated rings. The van der Waals surface area contributed by atoms with E-state index in [1.807, 2.05) is 25.1 Å². The Morgan fingerprint density at radius 1 is 1.50 bits per heavy atom. The number of aryl methyl sites for hydroxylation is 1.